The normalized spacial score (nSPS) is 18.7. The van der Waals surface area contributed by atoms with Gasteiger partial charge in [-0.2, -0.15) is 0 Å². The third kappa shape index (κ3) is 2.42. The highest BCUT2D eigenvalue weighted by Crippen LogP contribution is 2.26. The molecule has 1 aromatic carbocycles. The molecular formula is C12H13FN2O3. The lowest BCUT2D eigenvalue weighted by atomic mass is 10.1. The zero-order valence-electron chi connectivity index (χ0n) is 9.85. The summed E-state index contributed by atoms with van der Waals surface area (Å²) in [6, 6.07) is 5.29. The molecule has 1 aliphatic heterocycles. The SMILES string of the molecule is CCNC(=O)N1CC(c2cccc(F)c2)OC1=O. The van der Waals surface area contributed by atoms with E-state index < -0.39 is 24.0 Å². The highest BCUT2D eigenvalue weighted by Gasteiger charge is 2.36. The van der Waals surface area contributed by atoms with Crippen molar-refractivity contribution in [2.24, 2.45) is 0 Å². The molecule has 6 heteroatoms. The fourth-order valence-corrected chi connectivity index (χ4v) is 1.76. The number of nitrogens with zero attached hydrogens (tertiary/aromatic N) is 1. The van der Waals surface area contributed by atoms with Crippen molar-refractivity contribution in [1.29, 1.82) is 0 Å². The van der Waals surface area contributed by atoms with Crippen molar-refractivity contribution in [3.8, 4) is 0 Å². The number of carbonyl (C=O) groups is 2. The minimum absolute atomic E-state index is 0.0914. The molecule has 1 fully saturated rings. The number of amides is 3. The Balaban J connectivity index is 2.11. The molecule has 1 aromatic rings. The maximum Gasteiger partial charge on any atom is 0.418 e. The summed E-state index contributed by atoms with van der Waals surface area (Å²) in [7, 11) is 0. The number of halogens is 1. The van der Waals surface area contributed by atoms with Gasteiger partial charge < -0.3 is 10.1 Å². The maximum absolute atomic E-state index is 13.1. The molecule has 0 aromatic heterocycles. The quantitative estimate of drug-likeness (QED) is 0.876. The number of carbonyl (C=O) groups excluding carboxylic acids is 2. The van der Waals surface area contributed by atoms with Gasteiger partial charge in [-0.25, -0.2) is 18.9 Å². The molecule has 1 unspecified atom stereocenters. The number of benzene rings is 1. The van der Waals surface area contributed by atoms with E-state index in [1.807, 2.05) is 0 Å². The third-order valence-corrected chi connectivity index (χ3v) is 2.61. The first kappa shape index (κ1) is 12.3. The molecule has 1 atom stereocenters. The van der Waals surface area contributed by atoms with Crippen LogP contribution in [0.5, 0.6) is 0 Å². The molecule has 0 aliphatic carbocycles. The van der Waals surface area contributed by atoms with Crippen LogP contribution in [0.15, 0.2) is 24.3 Å². The Labute approximate surface area is 104 Å². The zero-order chi connectivity index (χ0) is 13.1. The van der Waals surface area contributed by atoms with Gasteiger partial charge >= 0.3 is 12.1 Å². The van der Waals surface area contributed by atoms with Crippen molar-refractivity contribution in [1.82, 2.24) is 10.2 Å². The summed E-state index contributed by atoms with van der Waals surface area (Å²) in [6.07, 6.45) is -1.33. The van der Waals surface area contributed by atoms with Gasteiger partial charge in [0.2, 0.25) is 0 Å². The molecule has 0 spiro atoms. The van der Waals surface area contributed by atoms with E-state index in [9.17, 15) is 14.0 Å². The second kappa shape index (κ2) is 5.03. The summed E-state index contributed by atoms with van der Waals surface area (Å²) in [5, 5.41) is 2.51. The van der Waals surface area contributed by atoms with E-state index in [1.165, 1.54) is 18.2 Å². The molecule has 1 saturated heterocycles. The first-order valence-corrected chi connectivity index (χ1v) is 5.63. The van der Waals surface area contributed by atoms with Gasteiger partial charge in [-0.1, -0.05) is 12.1 Å². The Morgan fingerprint density at radius 1 is 1.61 bits per heavy atom. The molecule has 5 nitrogen and oxygen atoms in total. The molecule has 0 radical (unpaired) electrons. The Hall–Kier alpha value is -2.11. The monoisotopic (exact) mass is 252 g/mol. The maximum atomic E-state index is 13.1. The van der Waals surface area contributed by atoms with Crippen LogP contribution in [0.25, 0.3) is 0 Å². The van der Waals surface area contributed by atoms with Crippen LogP contribution in [0.2, 0.25) is 0 Å². The van der Waals surface area contributed by atoms with Crippen molar-refractivity contribution in [2.45, 2.75) is 13.0 Å². The summed E-state index contributed by atoms with van der Waals surface area (Å²) >= 11 is 0. The van der Waals surface area contributed by atoms with Crippen LogP contribution in [0.1, 0.15) is 18.6 Å². The fraction of sp³-hybridized carbons (Fsp3) is 0.333. The molecule has 0 saturated carbocycles. The van der Waals surface area contributed by atoms with Gasteiger partial charge in [0.1, 0.15) is 11.9 Å². The highest BCUT2D eigenvalue weighted by molar-refractivity contribution is 5.92. The number of imide groups is 1. The molecule has 1 aliphatic rings. The molecule has 18 heavy (non-hydrogen) atoms. The van der Waals surface area contributed by atoms with Crippen molar-refractivity contribution in [2.75, 3.05) is 13.1 Å². The fourth-order valence-electron chi connectivity index (χ4n) is 1.76. The molecule has 1 N–H and O–H groups in total. The van der Waals surface area contributed by atoms with E-state index in [0.717, 1.165) is 4.90 Å². The smallest absolute Gasteiger partial charge is 0.418 e. The minimum atomic E-state index is -0.713. The van der Waals surface area contributed by atoms with Crippen LogP contribution in [0.3, 0.4) is 0 Å². The van der Waals surface area contributed by atoms with Gasteiger partial charge in [0.15, 0.2) is 0 Å². The molecule has 96 valence electrons. The second-order valence-corrected chi connectivity index (χ2v) is 3.87. The lowest BCUT2D eigenvalue weighted by Gasteiger charge is -2.11. The van der Waals surface area contributed by atoms with Gasteiger partial charge in [0, 0.05) is 6.54 Å². The first-order valence-electron chi connectivity index (χ1n) is 5.63. The van der Waals surface area contributed by atoms with Crippen LogP contribution in [0.4, 0.5) is 14.0 Å². The molecule has 2 rings (SSSR count). The van der Waals surface area contributed by atoms with Gasteiger partial charge in [0.05, 0.1) is 6.54 Å². The molecule has 0 bridgehead atoms. The zero-order valence-corrected chi connectivity index (χ0v) is 9.85. The number of ether oxygens (including phenoxy) is 1. The third-order valence-electron chi connectivity index (χ3n) is 2.61. The second-order valence-electron chi connectivity index (χ2n) is 3.87. The van der Waals surface area contributed by atoms with E-state index in [1.54, 1.807) is 13.0 Å². The summed E-state index contributed by atoms with van der Waals surface area (Å²) in [6.45, 7) is 2.27. The van der Waals surface area contributed by atoms with E-state index in [4.69, 9.17) is 4.74 Å². The summed E-state index contributed by atoms with van der Waals surface area (Å²) in [5.41, 5.74) is 0.537. The van der Waals surface area contributed by atoms with Crippen molar-refractivity contribution in [3.63, 3.8) is 0 Å². The average molecular weight is 252 g/mol. The topological polar surface area (TPSA) is 58.6 Å². The number of nitrogens with one attached hydrogen (secondary N) is 1. The van der Waals surface area contributed by atoms with E-state index >= 15 is 0 Å². The van der Waals surface area contributed by atoms with E-state index in [-0.39, 0.29) is 6.54 Å². The standard InChI is InChI=1S/C12H13FN2O3/c1-2-14-11(16)15-7-10(18-12(15)17)8-4-3-5-9(13)6-8/h3-6,10H,2,7H2,1H3,(H,14,16). The summed E-state index contributed by atoms with van der Waals surface area (Å²) < 4.78 is 18.1. The van der Waals surface area contributed by atoms with Gasteiger partial charge in [-0.3, -0.25) is 0 Å². The molecule has 3 amide bonds. The lowest BCUT2D eigenvalue weighted by Crippen LogP contribution is -2.40. The van der Waals surface area contributed by atoms with Gasteiger partial charge in [-0.15, -0.1) is 0 Å². The van der Waals surface area contributed by atoms with Crippen LogP contribution in [0, 0.1) is 5.82 Å². The average Bonchev–Trinajstić information content (AvgIpc) is 2.72. The predicted octanol–water partition coefficient (Wildman–Crippen LogP) is 2.05. The number of hydrogen-bond donors (Lipinski definition) is 1. The largest absolute Gasteiger partial charge is 0.439 e. The van der Waals surface area contributed by atoms with Crippen LogP contribution >= 0.6 is 0 Å². The van der Waals surface area contributed by atoms with Crippen molar-refractivity contribution >= 4 is 12.1 Å². The summed E-state index contributed by atoms with van der Waals surface area (Å²) in [5.74, 6) is -0.403. The molecular weight excluding hydrogens is 239 g/mol. The Morgan fingerprint density at radius 3 is 3.06 bits per heavy atom. The predicted molar refractivity (Wildman–Crippen MR) is 61.4 cm³/mol. The minimum Gasteiger partial charge on any atom is -0.439 e. The van der Waals surface area contributed by atoms with Crippen LogP contribution < -0.4 is 5.32 Å². The number of urea groups is 1. The van der Waals surface area contributed by atoms with Crippen molar-refractivity contribution < 1.29 is 18.7 Å². The summed E-state index contributed by atoms with van der Waals surface area (Å²) in [4.78, 5) is 24.0. The van der Waals surface area contributed by atoms with E-state index in [0.29, 0.717) is 12.1 Å². The van der Waals surface area contributed by atoms with Crippen molar-refractivity contribution in [3.05, 3.63) is 35.6 Å². The Kier molecular flexibility index (Phi) is 3.45. The Bertz CT molecular complexity index is 478. The number of rotatable bonds is 2. The highest BCUT2D eigenvalue weighted by atomic mass is 19.1. The van der Waals surface area contributed by atoms with Crippen LogP contribution in [-0.2, 0) is 4.74 Å². The first-order chi connectivity index (χ1) is 8.61. The van der Waals surface area contributed by atoms with E-state index in [2.05, 4.69) is 5.32 Å². The van der Waals surface area contributed by atoms with Gasteiger partial charge in [-0.05, 0) is 24.6 Å². The van der Waals surface area contributed by atoms with Crippen LogP contribution in [-0.4, -0.2) is 30.1 Å². The lowest BCUT2D eigenvalue weighted by molar-refractivity contribution is 0.134. The Morgan fingerprint density at radius 2 is 2.39 bits per heavy atom. The number of cyclic esters (lactones) is 1. The molecule has 1 heterocycles. The van der Waals surface area contributed by atoms with Gasteiger partial charge in [0.25, 0.3) is 0 Å². The number of hydrogen-bond acceptors (Lipinski definition) is 3.